The Morgan fingerprint density at radius 2 is 2.36 bits per heavy atom. The van der Waals surface area contributed by atoms with Gasteiger partial charge in [0.2, 0.25) is 0 Å². The zero-order valence-corrected chi connectivity index (χ0v) is 15.6. The maximum absolute atomic E-state index is 12.7. The van der Waals surface area contributed by atoms with E-state index in [0.717, 1.165) is 30.9 Å². The van der Waals surface area contributed by atoms with E-state index in [2.05, 4.69) is 11.9 Å². The molecule has 134 valence electrons. The molecule has 0 spiro atoms. The summed E-state index contributed by atoms with van der Waals surface area (Å²) >= 11 is 1.66. The molecule has 2 aromatic rings. The minimum Gasteiger partial charge on any atom is -0.491 e. The summed E-state index contributed by atoms with van der Waals surface area (Å²) in [4.78, 5) is 20.0. The van der Waals surface area contributed by atoms with Crippen LogP contribution in [0.4, 0.5) is 0 Å². The second-order valence-corrected chi connectivity index (χ2v) is 7.41. The lowest BCUT2D eigenvalue weighted by Crippen LogP contribution is -2.26. The molecule has 5 nitrogen and oxygen atoms in total. The van der Waals surface area contributed by atoms with E-state index in [1.54, 1.807) is 29.4 Å². The number of benzene rings is 1. The Bertz CT molecular complexity index is 710. The third kappa shape index (κ3) is 4.80. The molecule has 0 N–H and O–H groups in total. The number of carbonyl (C=O) groups is 1. The summed E-state index contributed by atoms with van der Waals surface area (Å²) < 4.78 is 11.4. The quantitative estimate of drug-likeness (QED) is 0.758. The van der Waals surface area contributed by atoms with Gasteiger partial charge in [0.05, 0.1) is 12.6 Å². The van der Waals surface area contributed by atoms with Gasteiger partial charge in [-0.05, 0) is 37.5 Å². The van der Waals surface area contributed by atoms with Crippen LogP contribution in [0, 0.1) is 0 Å². The Kier molecular flexibility index (Phi) is 6.04. The zero-order chi connectivity index (χ0) is 17.6. The third-order valence-electron chi connectivity index (χ3n) is 4.21. The topological polar surface area (TPSA) is 51.7 Å². The Morgan fingerprint density at radius 3 is 3.08 bits per heavy atom. The van der Waals surface area contributed by atoms with E-state index in [1.807, 2.05) is 24.4 Å². The number of rotatable bonds is 7. The average Bonchev–Trinajstić information content (AvgIpc) is 3.31. The number of hydrogen-bond acceptors (Lipinski definition) is 5. The first-order chi connectivity index (χ1) is 12.2. The van der Waals surface area contributed by atoms with Crippen LogP contribution in [0.1, 0.15) is 40.0 Å². The standard InChI is InChI=1S/C19H24N2O3S/c1-3-17-11-20-18(25-17)12-21(2)19(22)14-6-4-7-15(10-14)24-13-16-8-5-9-23-16/h4,6-7,10-11,16H,3,5,8-9,12-13H2,1-2H3. The number of aromatic nitrogens is 1. The van der Waals surface area contributed by atoms with E-state index in [4.69, 9.17) is 9.47 Å². The van der Waals surface area contributed by atoms with Gasteiger partial charge in [0.1, 0.15) is 17.4 Å². The van der Waals surface area contributed by atoms with E-state index in [9.17, 15) is 4.79 Å². The fourth-order valence-corrected chi connectivity index (χ4v) is 3.68. The van der Waals surface area contributed by atoms with Gasteiger partial charge in [-0.2, -0.15) is 0 Å². The van der Waals surface area contributed by atoms with Gasteiger partial charge < -0.3 is 14.4 Å². The van der Waals surface area contributed by atoms with E-state index in [1.165, 1.54) is 4.88 Å². The molecule has 3 rings (SSSR count). The summed E-state index contributed by atoms with van der Waals surface area (Å²) in [6, 6.07) is 7.34. The van der Waals surface area contributed by atoms with Crippen LogP contribution in [0.3, 0.4) is 0 Å². The molecule has 1 amide bonds. The Morgan fingerprint density at radius 1 is 1.48 bits per heavy atom. The highest BCUT2D eigenvalue weighted by atomic mass is 32.1. The maximum Gasteiger partial charge on any atom is 0.254 e. The lowest BCUT2D eigenvalue weighted by molar-refractivity contribution is 0.0678. The zero-order valence-electron chi connectivity index (χ0n) is 14.7. The molecule has 1 saturated heterocycles. The normalized spacial score (nSPS) is 16.8. The number of aryl methyl sites for hydroxylation is 1. The van der Waals surface area contributed by atoms with Crippen molar-refractivity contribution in [3.63, 3.8) is 0 Å². The van der Waals surface area contributed by atoms with Crippen LogP contribution < -0.4 is 4.74 Å². The predicted octanol–water partition coefficient (Wildman–Crippen LogP) is 3.54. The Labute approximate surface area is 152 Å². The van der Waals surface area contributed by atoms with Crippen LogP contribution in [0.5, 0.6) is 5.75 Å². The molecule has 1 unspecified atom stereocenters. The summed E-state index contributed by atoms with van der Waals surface area (Å²) in [7, 11) is 1.80. The molecule has 1 aromatic heterocycles. The second kappa shape index (κ2) is 8.45. The number of thiazole rings is 1. The number of hydrogen-bond donors (Lipinski definition) is 0. The molecule has 1 aliphatic rings. The molecule has 1 atom stereocenters. The minimum absolute atomic E-state index is 0.0317. The van der Waals surface area contributed by atoms with Crippen LogP contribution >= 0.6 is 11.3 Å². The van der Waals surface area contributed by atoms with Gasteiger partial charge in [-0.1, -0.05) is 13.0 Å². The lowest BCUT2D eigenvalue weighted by Gasteiger charge is -2.17. The molecule has 25 heavy (non-hydrogen) atoms. The molecule has 6 heteroatoms. The van der Waals surface area contributed by atoms with Crippen LogP contribution in [0.2, 0.25) is 0 Å². The summed E-state index contributed by atoms with van der Waals surface area (Å²) in [6.45, 7) is 3.97. The molecular weight excluding hydrogens is 336 g/mol. The highest BCUT2D eigenvalue weighted by Gasteiger charge is 2.17. The maximum atomic E-state index is 12.7. The van der Waals surface area contributed by atoms with Crippen LogP contribution in [0.25, 0.3) is 0 Å². The van der Waals surface area contributed by atoms with Crippen molar-refractivity contribution in [3.05, 3.63) is 45.9 Å². The van der Waals surface area contributed by atoms with Gasteiger partial charge in [-0.15, -0.1) is 11.3 Å². The molecule has 0 aliphatic carbocycles. The summed E-state index contributed by atoms with van der Waals surface area (Å²) in [6.07, 6.45) is 5.15. The highest BCUT2D eigenvalue weighted by molar-refractivity contribution is 7.11. The van der Waals surface area contributed by atoms with Crippen LogP contribution in [0.15, 0.2) is 30.5 Å². The van der Waals surface area contributed by atoms with Gasteiger partial charge >= 0.3 is 0 Å². The molecule has 1 fully saturated rings. The highest BCUT2D eigenvalue weighted by Crippen LogP contribution is 2.19. The SMILES string of the molecule is CCc1cnc(CN(C)C(=O)c2cccc(OCC3CCCO3)c2)s1. The smallest absolute Gasteiger partial charge is 0.254 e. The van der Waals surface area contributed by atoms with Crippen molar-refractivity contribution in [2.75, 3.05) is 20.3 Å². The minimum atomic E-state index is -0.0317. The van der Waals surface area contributed by atoms with Crippen molar-refractivity contribution < 1.29 is 14.3 Å². The summed E-state index contributed by atoms with van der Waals surface area (Å²) in [5, 5.41) is 0.957. The van der Waals surface area contributed by atoms with Crippen molar-refractivity contribution in [1.29, 1.82) is 0 Å². The summed E-state index contributed by atoms with van der Waals surface area (Å²) in [5.41, 5.74) is 0.625. The van der Waals surface area contributed by atoms with Gasteiger partial charge in [0, 0.05) is 30.3 Å². The van der Waals surface area contributed by atoms with Gasteiger partial charge in [0.25, 0.3) is 5.91 Å². The lowest BCUT2D eigenvalue weighted by atomic mass is 10.2. The molecule has 0 bridgehead atoms. The fraction of sp³-hybridized carbons (Fsp3) is 0.474. The Hall–Kier alpha value is -1.92. The number of ether oxygens (including phenoxy) is 2. The first-order valence-electron chi connectivity index (χ1n) is 8.69. The number of amides is 1. The second-order valence-electron chi connectivity index (χ2n) is 6.21. The van der Waals surface area contributed by atoms with Crippen molar-refractivity contribution in [3.8, 4) is 5.75 Å². The molecule has 1 aliphatic heterocycles. The molecule has 1 aromatic carbocycles. The third-order valence-corrected chi connectivity index (χ3v) is 5.34. The largest absolute Gasteiger partial charge is 0.491 e. The van der Waals surface area contributed by atoms with Crippen molar-refractivity contribution in [2.45, 2.75) is 38.8 Å². The van der Waals surface area contributed by atoms with Gasteiger partial charge in [-0.25, -0.2) is 4.98 Å². The Balaban J connectivity index is 1.59. The van der Waals surface area contributed by atoms with Crippen molar-refractivity contribution in [2.24, 2.45) is 0 Å². The average molecular weight is 360 g/mol. The van der Waals surface area contributed by atoms with Crippen LogP contribution in [-0.2, 0) is 17.7 Å². The predicted molar refractivity (Wildman–Crippen MR) is 98.2 cm³/mol. The molecule has 0 radical (unpaired) electrons. The van der Waals surface area contributed by atoms with Crippen LogP contribution in [-0.4, -0.2) is 42.2 Å². The van der Waals surface area contributed by atoms with Gasteiger partial charge in [0.15, 0.2) is 0 Å². The fourth-order valence-electron chi connectivity index (χ4n) is 2.76. The first-order valence-corrected chi connectivity index (χ1v) is 9.51. The first kappa shape index (κ1) is 17.9. The molecular formula is C19H24N2O3S. The van der Waals surface area contributed by atoms with E-state index in [-0.39, 0.29) is 12.0 Å². The molecule has 2 heterocycles. The monoisotopic (exact) mass is 360 g/mol. The van der Waals surface area contributed by atoms with E-state index < -0.39 is 0 Å². The number of carbonyl (C=O) groups excluding carboxylic acids is 1. The number of nitrogens with zero attached hydrogens (tertiary/aromatic N) is 2. The van der Waals surface area contributed by atoms with Gasteiger partial charge in [-0.3, -0.25) is 4.79 Å². The van der Waals surface area contributed by atoms with E-state index in [0.29, 0.717) is 24.5 Å². The molecule has 0 saturated carbocycles. The van der Waals surface area contributed by atoms with E-state index >= 15 is 0 Å². The van der Waals surface area contributed by atoms with Crippen molar-refractivity contribution in [1.82, 2.24) is 9.88 Å². The van der Waals surface area contributed by atoms with Crippen molar-refractivity contribution >= 4 is 17.2 Å². The summed E-state index contributed by atoms with van der Waals surface area (Å²) in [5.74, 6) is 0.674.